The molecule has 39 heavy (non-hydrogen) atoms. The van der Waals surface area contributed by atoms with Crippen molar-refractivity contribution in [3.8, 4) is 33.6 Å². The van der Waals surface area contributed by atoms with Crippen molar-refractivity contribution >= 4 is 0 Å². The second kappa shape index (κ2) is 9.93. The lowest BCUT2D eigenvalue weighted by Crippen LogP contribution is -2.71. The summed E-state index contributed by atoms with van der Waals surface area (Å²) < 4.78 is 5.07. The molecule has 2 heteroatoms. The highest BCUT2D eigenvalue weighted by Crippen LogP contribution is 2.50. The Kier molecular flexibility index (Phi) is 6.43. The number of pyridine rings is 2. The van der Waals surface area contributed by atoms with Crippen LogP contribution in [0.2, 0.25) is 0 Å². The average molecular weight is 511 g/mol. The molecule has 0 saturated heterocycles. The standard InChI is InChI=1S/C37H38N2/c1-5-36(4)37(6-2,33-19-11-10-18-31(33)35-21-13-15-25-39(35)36)27-38-24-14-12-20-34(38)32-26-30(23-22-28(32)3)29-16-8-7-9-17-29/h7-26H,5-6,27H2,1-4H3/q+2. The van der Waals surface area contributed by atoms with E-state index in [0.29, 0.717) is 0 Å². The number of aromatic nitrogens is 2. The van der Waals surface area contributed by atoms with Gasteiger partial charge in [0.1, 0.15) is 5.41 Å². The highest BCUT2D eigenvalue weighted by atomic mass is 15.1. The van der Waals surface area contributed by atoms with Crippen LogP contribution < -0.4 is 9.13 Å². The van der Waals surface area contributed by atoms with Crippen molar-refractivity contribution in [2.24, 2.45) is 0 Å². The van der Waals surface area contributed by atoms with Crippen molar-refractivity contribution in [2.45, 2.75) is 58.0 Å². The van der Waals surface area contributed by atoms with Crippen LogP contribution in [0.4, 0.5) is 0 Å². The third-order valence-electron chi connectivity index (χ3n) is 9.43. The lowest BCUT2D eigenvalue weighted by atomic mass is 9.59. The molecule has 0 saturated carbocycles. The van der Waals surface area contributed by atoms with Crippen LogP contribution in [-0.4, -0.2) is 0 Å². The predicted octanol–water partition coefficient (Wildman–Crippen LogP) is 8.06. The Morgan fingerprint density at radius 3 is 2.08 bits per heavy atom. The van der Waals surface area contributed by atoms with Crippen LogP contribution in [0.5, 0.6) is 0 Å². The maximum atomic E-state index is 2.56. The van der Waals surface area contributed by atoms with Gasteiger partial charge < -0.3 is 0 Å². The molecule has 0 amide bonds. The van der Waals surface area contributed by atoms with Gasteiger partial charge in [0.25, 0.3) is 0 Å². The van der Waals surface area contributed by atoms with Crippen LogP contribution in [0.15, 0.2) is 122 Å². The quantitative estimate of drug-likeness (QED) is 0.204. The molecular formula is C37H38N2+2. The van der Waals surface area contributed by atoms with E-state index in [1.807, 2.05) is 0 Å². The molecule has 0 radical (unpaired) electrons. The van der Waals surface area contributed by atoms with E-state index in [0.717, 1.165) is 19.4 Å². The van der Waals surface area contributed by atoms with E-state index in [1.54, 1.807) is 0 Å². The molecule has 3 aromatic carbocycles. The minimum absolute atomic E-state index is 0.0895. The summed E-state index contributed by atoms with van der Waals surface area (Å²) in [6.07, 6.45) is 6.66. The van der Waals surface area contributed by atoms with Crippen LogP contribution >= 0.6 is 0 Å². The zero-order chi connectivity index (χ0) is 27.0. The van der Waals surface area contributed by atoms with Gasteiger partial charge in [-0.2, -0.15) is 9.13 Å². The Labute approximate surface area is 233 Å². The molecule has 5 aromatic rings. The normalized spacial score (nSPS) is 19.8. The number of hydrogen-bond donors (Lipinski definition) is 0. The van der Waals surface area contributed by atoms with Gasteiger partial charge in [0.05, 0.1) is 5.56 Å². The molecule has 1 aliphatic heterocycles. The van der Waals surface area contributed by atoms with Crippen LogP contribution in [0.3, 0.4) is 0 Å². The molecule has 0 fully saturated rings. The Morgan fingerprint density at radius 1 is 0.615 bits per heavy atom. The minimum Gasteiger partial charge on any atom is -0.197 e. The van der Waals surface area contributed by atoms with Gasteiger partial charge in [-0.15, -0.1) is 0 Å². The summed E-state index contributed by atoms with van der Waals surface area (Å²) in [5.74, 6) is 0. The van der Waals surface area contributed by atoms with Crippen LogP contribution in [-0.2, 0) is 17.5 Å². The molecule has 3 heterocycles. The molecule has 194 valence electrons. The van der Waals surface area contributed by atoms with E-state index in [9.17, 15) is 0 Å². The third-order valence-corrected chi connectivity index (χ3v) is 9.43. The van der Waals surface area contributed by atoms with Crippen LogP contribution in [0, 0.1) is 6.92 Å². The molecule has 2 atom stereocenters. The van der Waals surface area contributed by atoms with E-state index in [2.05, 4.69) is 158 Å². The van der Waals surface area contributed by atoms with Crippen LogP contribution in [0.25, 0.3) is 33.6 Å². The van der Waals surface area contributed by atoms with Gasteiger partial charge in [-0.25, -0.2) is 0 Å². The van der Waals surface area contributed by atoms with Gasteiger partial charge in [0.2, 0.25) is 11.4 Å². The first-order valence-electron chi connectivity index (χ1n) is 14.3. The molecule has 0 spiro atoms. The van der Waals surface area contributed by atoms with Gasteiger partial charge in [-0.05, 0) is 59.9 Å². The monoisotopic (exact) mass is 510 g/mol. The first-order chi connectivity index (χ1) is 19.0. The van der Waals surface area contributed by atoms with E-state index in [1.165, 1.54) is 44.8 Å². The topological polar surface area (TPSA) is 7.76 Å². The lowest BCUT2D eigenvalue weighted by molar-refractivity contribution is -0.784. The fourth-order valence-electron chi connectivity index (χ4n) is 7.04. The van der Waals surface area contributed by atoms with Gasteiger partial charge in [0.15, 0.2) is 24.5 Å². The average Bonchev–Trinajstić information content (AvgIpc) is 3.00. The number of hydrogen-bond acceptors (Lipinski definition) is 0. The largest absolute Gasteiger partial charge is 0.213 e. The second-order valence-electron chi connectivity index (χ2n) is 11.2. The van der Waals surface area contributed by atoms with Crippen molar-refractivity contribution in [3.05, 3.63) is 133 Å². The van der Waals surface area contributed by atoms with E-state index < -0.39 is 0 Å². The summed E-state index contributed by atoms with van der Waals surface area (Å²) >= 11 is 0. The van der Waals surface area contributed by atoms with Crippen molar-refractivity contribution in [1.29, 1.82) is 0 Å². The van der Waals surface area contributed by atoms with E-state index in [-0.39, 0.29) is 11.0 Å². The summed E-state index contributed by atoms with van der Waals surface area (Å²) in [7, 11) is 0. The molecular weight excluding hydrogens is 472 g/mol. The highest BCUT2D eigenvalue weighted by Gasteiger charge is 2.61. The lowest BCUT2D eigenvalue weighted by Gasteiger charge is -2.46. The van der Waals surface area contributed by atoms with Crippen molar-refractivity contribution in [3.63, 3.8) is 0 Å². The first-order valence-corrected chi connectivity index (χ1v) is 14.3. The Morgan fingerprint density at radius 2 is 1.31 bits per heavy atom. The van der Waals surface area contributed by atoms with E-state index >= 15 is 0 Å². The molecule has 0 bridgehead atoms. The molecule has 0 aliphatic carbocycles. The fourth-order valence-corrected chi connectivity index (χ4v) is 7.04. The van der Waals surface area contributed by atoms with Crippen molar-refractivity contribution in [1.82, 2.24) is 0 Å². The zero-order valence-corrected chi connectivity index (χ0v) is 23.6. The first kappa shape index (κ1) is 25.2. The highest BCUT2D eigenvalue weighted by molar-refractivity contribution is 5.73. The number of fused-ring (bicyclic) bond motifs is 3. The summed E-state index contributed by atoms with van der Waals surface area (Å²) in [5, 5.41) is 0. The van der Waals surface area contributed by atoms with Crippen molar-refractivity contribution < 1.29 is 9.13 Å². The molecule has 6 rings (SSSR count). The Bertz CT molecular complexity index is 1640. The number of aryl methyl sites for hydroxylation is 1. The van der Waals surface area contributed by atoms with Gasteiger partial charge in [-0.1, -0.05) is 74.5 Å². The maximum Gasteiger partial charge on any atom is 0.213 e. The number of benzene rings is 3. The SMILES string of the molecule is CCC1(C[n+]2ccccc2-c2cc(-c3ccccc3)ccc2C)c2ccccc2-c2cccc[n+]2C1(C)CC. The van der Waals surface area contributed by atoms with E-state index in [4.69, 9.17) is 0 Å². The van der Waals surface area contributed by atoms with Crippen LogP contribution in [0.1, 0.15) is 44.7 Å². The zero-order valence-electron chi connectivity index (χ0n) is 23.6. The van der Waals surface area contributed by atoms with Gasteiger partial charge >= 0.3 is 0 Å². The molecule has 2 unspecified atom stereocenters. The Hall–Kier alpha value is -4.04. The maximum absolute atomic E-state index is 2.56. The van der Waals surface area contributed by atoms with Gasteiger partial charge in [0, 0.05) is 43.2 Å². The molecule has 0 N–H and O–H groups in total. The Balaban J connectivity index is 1.55. The molecule has 2 aromatic heterocycles. The van der Waals surface area contributed by atoms with Crippen molar-refractivity contribution in [2.75, 3.05) is 0 Å². The summed E-state index contributed by atoms with van der Waals surface area (Å²) in [5.41, 5.74) is 10.3. The smallest absolute Gasteiger partial charge is 0.197 e. The third kappa shape index (κ3) is 3.93. The number of rotatable bonds is 6. The summed E-state index contributed by atoms with van der Waals surface area (Å²) in [6.45, 7) is 10.3. The summed E-state index contributed by atoms with van der Waals surface area (Å²) in [6, 6.07) is 40.0. The fraction of sp³-hybridized carbons (Fsp3) is 0.243. The molecule has 2 nitrogen and oxygen atoms in total. The number of nitrogens with zero attached hydrogens (tertiary/aromatic N) is 2. The van der Waals surface area contributed by atoms with Gasteiger partial charge in [-0.3, -0.25) is 0 Å². The minimum atomic E-state index is -0.0942. The predicted molar refractivity (Wildman–Crippen MR) is 160 cm³/mol. The summed E-state index contributed by atoms with van der Waals surface area (Å²) in [4.78, 5) is 0. The second-order valence-corrected chi connectivity index (χ2v) is 11.2. The molecule has 1 aliphatic rings.